The van der Waals surface area contributed by atoms with Crippen LogP contribution in [-0.2, 0) is 4.74 Å². The SMILES string of the molecule is CC(C)(C)OC(=O)N1CCCC12CCC(O)CC2. The van der Waals surface area contributed by atoms with Crippen molar-refractivity contribution in [3.63, 3.8) is 0 Å². The van der Waals surface area contributed by atoms with Crippen LogP contribution in [0.5, 0.6) is 0 Å². The monoisotopic (exact) mass is 255 g/mol. The number of hydrogen-bond acceptors (Lipinski definition) is 3. The minimum absolute atomic E-state index is 0.0401. The molecular formula is C14H25NO3. The van der Waals surface area contributed by atoms with E-state index in [0.717, 1.165) is 45.1 Å². The summed E-state index contributed by atoms with van der Waals surface area (Å²) < 4.78 is 5.50. The highest BCUT2D eigenvalue weighted by molar-refractivity contribution is 5.69. The van der Waals surface area contributed by atoms with Gasteiger partial charge in [-0.1, -0.05) is 0 Å². The van der Waals surface area contributed by atoms with E-state index < -0.39 is 5.60 Å². The second kappa shape index (κ2) is 4.72. The summed E-state index contributed by atoms with van der Waals surface area (Å²) in [6.45, 7) is 6.50. The fourth-order valence-corrected chi connectivity index (χ4v) is 3.20. The van der Waals surface area contributed by atoms with Gasteiger partial charge in [-0.15, -0.1) is 0 Å². The summed E-state index contributed by atoms with van der Waals surface area (Å²) >= 11 is 0. The molecule has 1 aliphatic carbocycles. The molecule has 0 unspecified atom stereocenters. The number of carbonyl (C=O) groups is 1. The maximum absolute atomic E-state index is 12.3. The van der Waals surface area contributed by atoms with Crippen molar-refractivity contribution < 1.29 is 14.6 Å². The van der Waals surface area contributed by atoms with E-state index in [-0.39, 0.29) is 17.7 Å². The summed E-state index contributed by atoms with van der Waals surface area (Å²) in [6, 6.07) is 0. The van der Waals surface area contributed by atoms with Gasteiger partial charge < -0.3 is 14.7 Å². The van der Waals surface area contributed by atoms with Crippen LogP contribution in [0, 0.1) is 0 Å². The zero-order chi connectivity index (χ0) is 13.4. The first-order valence-corrected chi connectivity index (χ1v) is 7.01. The number of hydrogen-bond donors (Lipinski definition) is 1. The van der Waals surface area contributed by atoms with Crippen molar-refractivity contribution in [1.29, 1.82) is 0 Å². The number of aliphatic hydroxyl groups excluding tert-OH is 1. The van der Waals surface area contributed by atoms with Crippen LogP contribution in [0.1, 0.15) is 59.3 Å². The Morgan fingerprint density at radius 3 is 2.44 bits per heavy atom. The number of ether oxygens (including phenoxy) is 1. The van der Waals surface area contributed by atoms with E-state index >= 15 is 0 Å². The predicted molar refractivity (Wildman–Crippen MR) is 69.4 cm³/mol. The van der Waals surface area contributed by atoms with E-state index in [9.17, 15) is 9.90 Å². The quantitative estimate of drug-likeness (QED) is 0.724. The van der Waals surface area contributed by atoms with Crippen LogP contribution in [0.4, 0.5) is 4.79 Å². The topological polar surface area (TPSA) is 49.8 Å². The van der Waals surface area contributed by atoms with Gasteiger partial charge in [0.25, 0.3) is 0 Å². The minimum Gasteiger partial charge on any atom is -0.444 e. The van der Waals surface area contributed by atoms with E-state index in [4.69, 9.17) is 4.74 Å². The van der Waals surface area contributed by atoms with Gasteiger partial charge in [0, 0.05) is 12.1 Å². The van der Waals surface area contributed by atoms with Crippen LogP contribution >= 0.6 is 0 Å². The summed E-state index contributed by atoms with van der Waals surface area (Å²) in [5, 5.41) is 9.63. The number of likely N-dealkylation sites (tertiary alicyclic amines) is 1. The van der Waals surface area contributed by atoms with Crippen molar-refractivity contribution in [3.8, 4) is 0 Å². The highest BCUT2D eigenvalue weighted by atomic mass is 16.6. The molecule has 1 amide bonds. The lowest BCUT2D eigenvalue weighted by molar-refractivity contribution is -0.0116. The molecule has 0 bridgehead atoms. The van der Waals surface area contributed by atoms with E-state index in [1.807, 2.05) is 25.7 Å². The van der Waals surface area contributed by atoms with Gasteiger partial charge in [0.15, 0.2) is 0 Å². The Morgan fingerprint density at radius 2 is 1.89 bits per heavy atom. The van der Waals surface area contributed by atoms with Crippen molar-refractivity contribution in [2.75, 3.05) is 6.54 Å². The molecule has 1 aliphatic heterocycles. The molecule has 1 saturated heterocycles. The molecule has 104 valence electrons. The molecule has 2 aliphatic rings. The summed E-state index contributed by atoms with van der Waals surface area (Å²) in [6.07, 6.45) is 5.17. The van der Waals surface area contributed by atoms with Crippen molar-refractivity contribution in [2.24, 2.45) is 0 Å². The molecular weight excluding hydrogens is 230 g/mol. The summed E-state index contributed by atoms with van der Waals surface area (Å²) in [7, 11) is 0. The highest BCUT2D eigenvalue weighted by Crippen LogP contribution is 2.42. The largest absolute Gasteiger partial charge is 0.444 e. The first-order valence-electron chi connectivity index (χ1n) is 7.01. The third-order valence-electron chi connectivity index (χ3n) is 4.10. The molecule has 1 spiro atoms. The number of aliphatic hydroxyl groups is 1. The standard InChI is InChI=1S/C14H25NO3/c1-13(2,3)18-12(17)15-10-4-7-14(15)8-5-11(16)6-9-14/h11,16H,4-10H2,1-3H3. The molecule has 0 radical (unpaired) electrons. The second-order valence-corrected chi connectivity index (χ2v) is 6.69. The zero-order valence-electron chi connectivity index (χ0n) is 11.7. The third-order valence-corrected chi connectivity index (χ3v) is 4.10. The van der Waals surface area contributed by atoms with Gasteiger partial charge in [0.05, 0.1) is 6.10 Å². The van der Waals surface area contributed by atoms with Gasteiger partial charge in [-0.3, -0.25) is 0 Å². The summed E-state index contributed by atoms with van der Waals surface area (Å²) in [4.78, 5) is 14.2. The maximum Gasteiger partial charge on any atom is 0.410 e. The van der Waals surface area contributed by atoms with Gasteiger partial charge in [-0.25, -0.2) is 4.79 Å². The number of nitrogens with zero attached hydrogens (tertiary/aromatic N) is 1. The van der Waals surface area contributed by atoms with Gasteiger partial charge in [0.2, 0.25) is 0 Å². The van der Waals surface area contributed by atoms with E-state index in [1.165, 1.54) is 0 Å². The predicted octanol–water partition coefficient (Wildman–Crippen LogP) is 2.69. The third kappa shape index (κ3) is 2.79. The van der Waals surface area contributed by atoms with Gasteiger partial charge >= 0.3 is 6.09 Å². The molecule has 1 heterocycles. The molecule has 4 nitrogen and oxygen atoms in total. The first kappa shape index (κ1) is 13.7. The highest BCUT2D eigenvalue weighted by Gasteiger charge is 2.46. The summed E-state index contributed by atoms with van der Waals surface area (Å²) in [5.74, 6) is 0. The van der Waals surface area contributed by atoms with Crippen molar-refractivity contribution in [1.82, 2.24) is 4.90 Å². The molecule has 0 aromatic rings. The molecule has 18 heavy (non-hydrogen) atoms. The number of amides is 1. The van der Waals surface area contributed by atoms with Gasteiger partial charge in [0.1, 0.15) is 5.60 Å². The molecule has 1 N–H and O–H groups in total. The smallest absolute Gasteiger partial charge is 0.410 e. The van der Waals surface area contributed by atoms with Crippen LogP contribution < -0.4 is 0 Å². The average Bonchev–Trinajstić information content (AvgIpc) is 2.64. The van der Waals surface area contributed by atoms with E-state index in [2.05, 4.69) is 0 Å². The fourth-order valence-electron chi connectivity index (χ4n) is 3.20. The minimum atomic E-state index is -0.435. The van der Waals surface area contributed by atoms with Crippen LogP contribution in [0.15, 0.2) is 0 Å². The Kier molecular flexibility index (Phi) is 3.58. The molecule has 1 saturated carbocycles. The molecule has 4 heteroatoms. The number of carbonyl (C=O) groups excluding carboxylic acids is 1. The molecule has 0 aromatic heterocycles. The number of rotatable bonds is 0. The second-order valence-electron chi connectivity index (χ2n) is 6.69. The van der Waals surface area contributed by atoms with Gasteiger partial charge in [-0.05, 0) is 59.3 Å². The van der Waals surface area contributed by atoms with Crippen molar-refractivity contribution >= 4 is 6.09 Å². The molecule has 0 aromatic carbocycles. The lowest BCUT2D eigenvalue weighted by Gasteiger charge is -2.43. The van der Waals surface area contributed by atoms with Gasteiger partial charge in [-0.2, -0.15) is 0 Å². The van der Waals surface area contributed by atoms with Crippen LogP contribution in [0.2, 0.25) is 0 Å². The molecule has 0 atom stereocenters. The van der Waals surface area contributed by atoms with Crippen LogP contribution in [-0.4, -0.2) is 39.9 Å². The Balaban J connectivity index is 2.05. The molecule has 2 fully saturated rings. The van der Waals surface area contributed by atoms with Crippen molar-refractivity contribution in [2.45, 2.75) is 76.5 Å². The first-order chi connectivity index (χ1) is 8.32. The lowest BCUT2D eigenvalue weighted by Crippen LogP contribution is -2.51. The summed E-state index contributed by atoms with van der Waals surface area (Å²) in [5.41, 5.74) is -0.476. The van der Waals surface area contributed by atoms with Crippen LogP contribution in [0.25, 0.3) is 0 Å². The van der Waals surface area contributed by atoms with Crippen LogP contribution in [0.3, 0.4) is 0 Å². The normalized spacial score (nSPS) is 32.9. The Labute approximate surface area is 109 Å². The van der Waals surface area contributed by atoms with E-state index in [1.54, 1.807) is 0 Å². The average molecular weight is 255 g/mol. The van der Waals surface area contributed by atoms with E-state index in [0.29, 0.717) is 0 Å². The Hall–Kier alpha value is -0.770. The fraction of sp³-hybridized carbons (Fsp3) is 0.929. The maximum atomic E-state index is 12.3. The Morgan fingerprint density at radius 1 is 1.28 bits per heavy atom. The lowest BCUT2D eigenvalue weighted by atomic mass is 9.78. The molecule has 2 rings (SSSR count). The Bertz CT molecular complexity index is 313. The van der Waals surface area contributed by atoms with Crippen molar-refractivity contribution in [3.05, 3.63) is 0 Å². The zero-order valence-corrected chi connectivity index (χ0v) is 11.7.